The number of hydrogen-bond donors (Lipinski definition) is 1. The van der Waals surface area contributed by atoms with Gasteiger partial charge < -0.3 is 5.32 Å². The van der Waals surface area contributed by atoms with Crippen molar-refractivity contribution in [3.05, 3.63) is 48.0 Å². The van der Waals surface area contributed by atoms with Crippen LogP contribution < -0.4 is 5.32 Å². The second kappa shape index (κ2) is 6.51. The van der Waals surface area contributed by atoms with E-state index in [1.807, 2.05) is 0 Å². The molecule has 0 atom stereocenters. The molecule has 2 rings (SSSR count). The Kier molecular flexibility index (Phi) is 5.30. The van der Waals surface area contributed by atoms with E-state index in [0.29, 0.717) is 0 Å². The summed E-state index contributed by atoms with van der Waals surface area (Å²) in [6, 6.07) is 15.0. The molecule has 0 heterocycles. The molecule has 2 aromatic rings. The fraction of sp³-hybridized carbons (Fsp3) is 0.286. The first-order valence-corrected chi connectivity index (χ1v) is 5.59. The van der Waals surface area contributed by atoms with Crippen molar-refractivity contribution < 1.29 is 0 Å². The smallest absolute Gasteiger partial charge is 0.0211 e. The van der Waals surface area contributed by atoms with Crippen LogP contribution in [-0.2, 0) is 6.54 Å². The molecule has 0 unspecified atom stereocenters. The molecule has 0 aliphatic carbocycles. The van der Waals surface area contributed by atoms with E-state index in [1.165, 1.54) is 22.8 Å². The van der Waals surface area contributed by atoms with E-state index in [9.17, 15) is 0 Å². The lowest BCUT2D eigenvalue weighted by Crippen LogP contribution is -2.13. The van der Waals surface area contributed by atoms with E-state index in [2.05, 4.69) is 54.7 Å². The van der Waals surface area contributed by atoms with Crippen molar-refractivity contribution in [2.45, 2.75) is 19.9 Å². The summed E-state index contributed by atoms with van der Waals surface area (Å²) in [6.45, 7) is 4.24. The standard InChI is InChI=1S/C14H17N.ClH/c1-2-10-15-11-13-8-5-7-12-6-3-4-9-14(12)13;/h3-9,15H,2,10-11H2,1H3;1H. The summed E-state index contributed by atoms with van der Waals surface area (Å²) in [6.07, 6.45) is 1.19. The molecule has 0 spiro atoms. The summed E-state index contributed by atoms with van der Waals surface area (Å²) in [7, 11) is 0. The fourth-order valence-corrected chi connectivity index (χ4v) is 1.85. The first-order chi connectivity index (χ1) is 7.42. The molecule has 2 heteroatoms. The molecule has 0 amide bonds. The van der Waals surface area contributed by atoms with Crippen LogP contribution in [0, 0.1) is 0 Å². The Morgan fingerprint density at radius 2 is 1.75 bits per heavy atom. The monoisotopic (exact) mass is 235 g/mol. The molecular formula is C14H18ClN. The van der Waals surface area contributed by atoms with Gasteiger partial charge >= 0.3 is 0 Å². The molecule has 0 bridgehead atoms. The van der Waals surface area contributed by atoms with Gasteiger partial charge in [-0.2, -0.15) is 0 Å². The van der Waals surface area contributed by atoms with Gasteiger partial charge in [-0.15, -0.1) is 12.4 Å². The number of nitrogens with one attached hydrogen (secondary N) is 1. The SMILES string of the molecule is CCCNCc1cccc2ccccc12.Cl. The minimum absolute atomic E-state index is 0. The minimum Gasteiger partial charge on any atom is -0.313 e. The van der Waals surface area contributed by atoms with Crippen molar-refractivity contribution in [2.24, 2.45) is 0 Å². The molecule has 0 aliphatic heterocycles. The Hall–Kier alpha value is -1.05. The third kappa shape index (κ3) is 2.97. The van der Waals surface area contributed by atoms with Crippen LogP contribution in [0.5, 0.6) is 0 Å². The maximum absolute atomic E-state index is 3.44. The maximum Gasteiger partial charge on any atom is 0.0211 e. The molecule has 0 radical (unpaired) electrons. The second-order valence-electron chi connectivity index (χ2n) is 3.82. The van der Waals surface area contributed by atoms with Gasteiger partial charge in [0.15, 0.2) is 0 Å². The van der Waals surface area contributed by atoms with Gasteiger partial charge in [0.2, 0.25) is 0 Å². The average molecular weight is 236 g/mol. The highest BCUT2D eigenvalue weighted by molar-refractivity contribution is 5.85. The van der Waals surface area contributed by atoms with Crippen molar-refractivity contribution in [1.82, 2.24) is 5.32 Å². The van der Waals surface area contributed by atoms with Crippen LogP contribution in [0.1, 0.15) is 18.9 Å². The van der Waals surface area contributed by atoms with Crippen LogP contribution in [0.3, 0.4) is 0 Å². The number of halogens is 1. The van der Waals surface area contributed by atoms with Crippen molar-refractivity contribution in [3.63, 3.8) is 0 Å². The molecule has 0 aromatic heterocycles. The van der Waals surface area contributed by atoms with Gasteiger partial charge in [-0.25, -0.2) is 0 Å². The molecule has 16 heavy (non-hydrogen) atoms. The van der Waals surface area contributed by atoms with Crippen LogP contribution in [0.4, 0.5) is 0 Å². The summed E-state index contributed by atoms with van der Waals surface area (Å²) in [5.41, 5.74) is 1.39. The van der Waals surface area contributed by atoms with Crippen molar-refractivity contribution in [1.29, 1.82) is 0 Å². The normalized spacial score (nSPS) is 10.1. The molecule has 1 nitrogen and oxygen atoms in total. The quantitative estimate of drug-likeness (QED) is 0.796. The van der Waals surface area contributed by atoms with Gasteiger partial charge in [-0.3, -0.25) is 0 Å². The highest BCUT2D eigenvalue weighted by Gasteiger charge is 1.98. The lowest BCUT2D eigenvalue weighted by Gasteiger charge is -2.07. The van der Waals surface area contributed by atoms with Crippen LogP contribution in [0.25, 0.3) is 10.8 Å². The fourth-order valence-electron chi connectivity index (χ4n) is 1.85. The van der Waals surface area contributed by atoms with Crippen LogP contribution in [-0.4, -0.2) is 6.54 Å². The predicted molar refractivity (Wildman–Crippen MR) is 73.2 cm³/mol. The summed E-state index contributed by atoms with van der Waals surface area (Å²) < 4.78 is 0. The molecule has 0 fully saturated rings. The van der Waals surface area contributed by atoms with E-state index < -0.39 is 0 Å². The van der Waals surface area contributed by atoms with Crippen LogP contribution in [0.15, 0.2) is 42.5 Å². The van der Waals surface area contributed by atoms with Gasteiger partial charge in [0.05, 0.1) is 0 Å². The summed E-state index contributed by atoms with van der Waals surface area (Å²) >= 11 is 0. The lowest BCUT2D eigenvalue weighted by atomic mass is 10.0. The van der Waals surface area contributed by atoms with Crippen molar-refractivity contribution in [2.75, 3.05) is 6.54 Å². The minimum atomic E-state index is 0. The topological polar surface area (TPSA) is 12.0 Å². The van der Waals surface area contributed by atoms with Crippen molar-refractivity contribution >= 4 is 23.2 Å². The maximum atomic E-state index is 3.44. The number of rotatable bonds is 4. The number of hydrogen-bond acceptors (Lipinski definition) is 1. The second-order valence-corrected chi connectivity index (χ2v) is 3.82. The van der Waals surface area contributed by atoms with Gasteiger partial charge in [0, 0.05) is 6.54 Å². The number of benzene rings is 2. The van der Waals surface area contributed by atoms with E-state index in [4.69, 9.17) is 0 Å². The molecule has 0 aliphatic rings. The van der Waals surface area contributed by atoms with E-state index in [1.54, 1.807) is 0 Å². The van der Waals surface area contributed by atoms with Gasteiger partial charge in [0.25, 0.3) is 0 Å². The van der Waals surface area contributed by atoms with Crippen LogP contribution >= 0.6 is 12.4 Å². The van der Waals surface area contributed by atoms with Gasteiger partial charge in [0.1, 0.15) is 0 Å². The summed E-state index contributed by atoms with van der Waals surface area (Å²) in [4.78, 5) is 0. The Labute approximate surface area is 103 Å². The van der Waals surface area contributed by atoms with E-state index in [-0.39, 0.29) is 12.4 Å². The summed E-state index contributed by atoms with van der Waals surface area (Å²) in [5.74, 6) is 0. The molecule has 1 N–H and O–H groups in total. The molecule has 0 saturated carbocycles. The molecule has 0 saturated heterocycles. The molecule has 2 aromatic carbocycles. The van der Waals surface area contributed by atoms with Crippen molar-refractivity contribution in [3.8, 4) is 0 Å². The molecular weight excluding hydrogens is 218 g/mol. The number of fused-ring (bicyclic) bond motifs is 1. The molecule has 86 valence electrons. The van der Waals surface area contributed by atoms with Gasteiger partial charge in [-0.05, 0) is 29.3 Å². The Morgan fingerprint density at radius 3 is 2.56 bits per heavy atom. The van der Waals surface area contributed by atoms with E-state index >= 15 is 0 Å². The highest BCUT2D eigenvalue weighted by atomic mass is 35.5. The first kappa shape index (κ1) is 13.0. The lowest BCUT2D eigenvalue weighted by molar-refractivity contribution is 0.678. The third-order valence-electron chi connectivity index (χ3n) is 2.62. The third-order valence-corrected chi connectivity index (χ3v) is 2.62. The highest BCUT2D eigenvalue weighted by Crippen LogP contribution is 2.17. The zero-order chi connectivity index (χ0) is 10.5. The average Bonchev–Trinajstić information content (AvgIpc) is 2.30. The predicted octanol–water partition coefficient (Wildman–Crippen LogP) is 3.76. The first-order valence-electron chi connectivity index (χ1n) is 5.59. The zero-order valence-corrected chi connectivity index (χ0v) is 10.4. The Balaban J connectivity index is 0.00000128. The van der Waals surface area contributed by atoms with E-state index in [0.717, 1.165) is 13.1 Å². The Bertz CT molecular complexity index is 434. The largest absolute Gasteiger partial charge is 0.313 e. The Morgan fingerprint density at radius 1 is 1.00 bits per heavy atom. The van der Waals surface area contributed by atoms with Gasteiger partial charge in [-0.1, -0.05) is 49.4 Å². The van der Waals surface area contributed by atoms with Crippen LogP contribution in [0.2, 0.25) is 0 Å². The summed E-state index contributed by atoms with van der Waals surface area (Å²) in [5, 5.41) is 6.14. The zero-order valence-electron chi connectivity index (χ0n) is 9.57.